The van der Waals surface area contributed by atoms with Gasteiger partial charge in [0.25, 0.3) is 0 Å². The number of thioether (sulfide) groups is 1. The Balaban J connectivity index is 3.43. The lowest BCUT2D eigenvalue weighted by Gasteiger charge is -2.13. The molecule has 0 fully saturated rings. The molecule has 66 valence electrons. The molecule has 11 heavy (non-hydrogen) atoms. The first-order valence-electron chi connectivity index (χ1n) is 3.71. The van der Waals surface area contributed by atoms with E-state index in [2.05, 4.69) is 18.5 Å². The van der Waals surface area contributed by atoms with Crippen LogP contribution >= 0.6 is 11.8 Å². The van der Waals surface area contributed by atoms with Gasteiger partial charge in [-0.2, -0.15) is 11.8 Å². The fraction of sp³-hybridized carbons (Fsp3) is 0.857. The van der Waals surface area contributed by atoms with Crippen LogP contribution in [0.2, 0.25) is 0 Å². The van der Waals surface area contributed by atoms with Crippen LogP contribution < -0.4 is 11.1 Å². The Morgan fingerprint density at radius 2 is 2.36 bits per heavy atom. The van der Waals surface area contributed by atoms with Gasteiger partial charge in [-0.1, -0.05) is 6.92 Å². The number of hydrogen-bond acceptors (Lipinski definition) is 3. The second-order valence-corrected chi connectivity index (χ2v) is 3.32. The highest BCUT2D eigenvalue weighted by Crippen LogP contribution is 1.99. The normalized spacial score (nSPS) is 12.9. The van der Waals surface area contributed by atoms with Crippen LogP contribution in [0.15, 0.2) is 0 Å². The lowest BCUT2D eigenvalue weighted by molar-refractivity contribution is -0.117. The third-order valence-electron chi connectivity index (χ3n) is 1.43. The molecule has 0 bridgehead atoms. The molecule has 0 radical (unpaired) electrons. The van der Waals surface area contributed by atoms with Gasteiger partial charge in [-0.25, -0.2) is 0 Å². The second-order valence-electron chi connectivity index (χ2n) is 2.41. The van der Waals surface area contributed by atoms with Gasteiger partial charge in [0.1, 0.15) is 0 Å². The fourth-order valence-corrected chi connectivity index (χ4v) is 1.52. The highest BCUT2D eigenvalue weighted by Gasteiger charge is 2.04. The van der Waals surface area contributed by atoms with Gasteiger partial charge in [-0.05, 0) is 12.7 Å². The lowest BCUT2D eigenvalue weighted by Crippen LogP contribution is -2.37. The first-order chi connectivity index (χ1) is 5.20. The van der Waals surface area contributed by atoms with Crippen LogP contribution in [0.5, 0.6) is 0 Å². The predicted molar refractivity (Wildman–Crippen MR) is 49.7 cm³/mol. The first kappa shape index (κ1) is 10.8. The van der Waals surface area contributed by atoms with E-state index >= 15 is 0 Å². The molecule has 4 heteroatoms. The predicted octanol–water partition coefficient (Wildman–Crippen LogP) is 0.203. The average molecular weight is 176 g/mol. The molecule has 1 amide bonds. The van der Waals surface area contributed by atoms with E-state index in [4.69, 9.17) is 5.73 Å². The van der Waals surface area contributed by atoms with Crippen LogP contribution in [0.4, 0.5) is 0 Å². The van der Waals surface area contributed by atoms with Gasteiger partial charge in [0, 0.05) is 11.8 Å². The molecule has 3 nitrogen and oxygen atoms in total. The molecule has 0 aliphatic rings. The monoisotopic (exact) mass is 176 g/mol. The summed E-state index contributed by atoms with van der Waals surface area (Å²) >= 11 is 1.77. The van der Waals surface area contributed by atoms with Crippen molar-refractivity contribution in [3.05, 3.63) is 0 Å². The number of rotatable bonds is 6. The SMILES string of the molecule is CCC(CSC)NCC(N)=O. The molecule has 0 rings (SSSR count). The molecule has 0 heterocycles. The summed E-state index contributed by atoms with van der Waals surface area (Å²) in [6, 6.07) is 0.414. The number of carbonyl (C=O) groups is 1. The summed E-state index contributed by atoms with van der Waals surface area (Å²) in [5.74, 6) is 0.744. The summed E-state index contributed by atoms with van der Waals surface area (Å²) in [5, 5.41) is 3.07. The highest BCUT2D eigenvalue weighted by atomic mass is 32.2. The quantitative estimate of drug-likeness (QED) is 0.608. The van der Waals surface area contributed by atoms with E-state index < -0.39 is 0 Å². The Morgan fingerprint density at radius 3 is 2.73 bits per heavy atom. The van der Waals surface area contributed by atoms with Crippen molar-refractivity contribution in [2.45, 2.75) is 19.4 Å². The molecule has 1 unspecified atom stereocenters. The summed E-state index contributed by atoms with van der Waals surface area (Å²) < 4.78 is 0. The van der Waals surface area contributed by atoms with Gasteiger partial charge in [0.15, 0.2) is 0 Å². The molecule has 3 N–H and O–H groups in total. The second kappa shape index (κ2) is 6.49. The van der Waals surface area contributed by atoms with E-state index in [0.29, 0.717) is 12.6 Å². The van der Waals surface area contributed by atoms with Crippen molar-refractivity contribution >= 4 is 17.7 Å². The van der Waals surface area contributed by atoms with Gasteiger partial charge in [0.05, 0.1) is 6.54 Å². The third kappa shape index (κ3) is 6.19. The summed E-state index contributed by atoms with van der Waals surface area (Å²) in [7, 11) is 0. The van der Waals surface area contributed by atoms with E-state index in [9.17, 15) is 4.79 Å². The molecule has 0 saturated carbocycles. The van der Waals surface area contributed by atoms with Crippen molar-refractivity contribution in [3.63, 3.8) is 0 Å². The van der Waals surface area contributed by atoms with Crippen molar-refractivity contribution < 1.29 is 4.79 Å². The Hall–Kier alpha value is -0.220. The van der Waals surface area contributed by atoms with Crippen LogP contribution in [0.3, 0.4) is 0 Å². The van der Waals surface area contributed by atoms with Crippen molar-refractivity contribution in [2.24, 2.45) is 5.73 Å². The Labute approximate surface area is 72.1 Å². The van der Waals surface area contributed by atoms with E-state index in [1.54, 1.807) is 11.8 Å². The number of amides is 1. The van der Waals surface area contributed by atoms with Crippen molar-refractivity contribution in [2.75, 3.05) is 18.6 Å². The van der Waals surface area contributed by atoms with Gasteiger partial charge in [0.2, 0.25) is 5.91 Å². The maximum absolute atomic E-state index is 10.4. The number of primary amides is 1. The molecular formula is C7H16N2OS. The highest BCUT2D eigenvalue weighted by molar-refractivity contribution is 7.98. The summed E-state index contributed by atoms with van der Waals surface area (Å²) in [6.45, 7) is 2.38. The largest absolute Gasteiger partial charge is 0.369 e. The fourth-order valence-electron chi connectivity index (χ4n) is 0.767. The van der Waals surface area contributed by atoms with Gasteiger partial charge < -0.3 is 11.1 Å². The van der Waals surface area contributed by atoms with Crippen LogP contribution in [0.25, 0.3) is 0 Å². The lowest BCUT2D eigenvalue weighted by atomic mass is 10.2. The number of hydrogen-bond donors (Lipinski definition) is 2. The molecule has 0 aliphatic carbocycles. The molecule has 0 aromatic carbocycles. The van der Waals surface area contributed by atoms with E-state index in [-0.39, 0.29) is 5.91 Å². The number of nitrogens with one attached hydrogen (secondary N) is 1. The summed E-state index contributed by atoms with van der Waals surface area (Å²) in [5.41, 5.74) is 4.98. The zero-order chi connectivity index (χ0) is 8.69. The Morgan fingerprint density at radius 1 is 1.73 bits per heavy atom. The summed E-state index contributed by atoms with van der Waals surface area (Å²) in [6.07, 6.45) is 3.09. The molecule has 0 aliphatic heterocycles. The minimum atomic E-state index is -0.287. The molecule has 0 aromatic rings. The average Bonchev–Trinajstić information content (AvgIpc) is 1.97. The zero-order valence-electron chi connectivity index (χ0n) is 7.09. The zero-order valence-corrected chi connectivity index (χ0v) is 7.91. The Kier molecular flexibility index (Phi) is 6.36. The molecule has 0 spiro atoms. The first-order valence-corrected chi connectivity index (χ1v) is 5.10. The van der Waals surface area contributed by atoms with Gasteiger partial charge in [-0.3, -0.25) is 4.79 Å². The Bertz CT molecular complexity index is 119. The van der Waals surface area contributed by atoms with Gasteiger partial charge in [-0.15, -0.1) is 0 Å². The maximum Gasteiger partial charge on any atom is 0.231 e. The minimum Gasteiger partial charge on any atom is -0.369 e. The van der Waals surface area contributed by atoms with E-state index in [1.807, 2.05) is 0 Å². The van der Waals surface area contributed by atoms with Crippen LogP contribution in [0, 0.1) is 0 Å². The topological polar surface area (TPSA) is 55.1 Å². The van der Waals surface area contributed by atoms with E-state index in [0.717, 1.165) is 12.2 Å². The van der Waals surface area contributed by atoms with Crippen molar-refractivity contribution in [3.8, 4) is 0 Å². The standard InChI is InChI=1S/C7H16N2OS/c1-3-6(5-11-2)9-4-7(8)10/h6,9H,3-5H2,1-2H3,(H2,8,10). The molecular weight excluding hydrogens is 160 g/mol. The number of carbonyl (C=O) groups excluding carboxylic acids is 1. The maximum atomic E-state index is 10.4. The van der Waals surface area contributed by atoms with Crippen molar-refractivity contribution in [1.82, 2.24) is 5.32 Å². The van der Waals surface area contributed by atoms with Crippen LogP contribution in [-0.4, -0.2) is 30.5 Å². The van der Waals surface area contributed by atoms with Crippen molar-refractivity contribution in [1.29, 1.82) is 0 Å². The molecule has 0 saturated heterocycles. The summed E-state index contributed by atoms with van der Waals surface area (Å²) in [4.78, 5) is 10.4. The minimum absolute atomic E-state index is 0.287. The van der Waals surface area contributed by atoms with Crippen LogP contribution in [-0.2, 0) is 4.79 Å². The van der Waals surface area contributed by atoms with Gasteiger partial charge >= 0.3 is 0 Å². The number of nitrogens with two attached hydrogens (primary N) is 1. The molecule has 1 atom stereocenters. The van der Waals surface area contributed by atoms with Crippen LogP contribution in [0.1, 0.15) is 13.3 Å². The smallest absolute Gasteiger partial charge is 0.231 e. The third-order valence-corrected chi connectivity index (χ3v) is 2.16. The van der Waals surface area contributed by atoms with E-state index in [1.165, 1.54) is 0 Å². The molecule has 0 aromatic heterocycles.